The zero-order chi connectivity index (χ0) is 9.84. The molecular weight excluding hydrogens is 164 g/mol. The summed E-state index contributed by atoms with van der Waals surface area (Å²) in [6.45, 7) is 8.89. The van der Waals surface area contributed by atoms with Crippen molar-refractivity contribution in [3.8, 4) is 0 Å². The van der Waals surface area contributed by atoms with Gasteiger partial charge >= 0.3 is 0 Å². The summed E-state index contributed by atoms with van der Waals surface area (Å²) in [4.78, 5) is 13.2. The van der Waals surface area contributed by atoms with E-state index in [4.69, 9.17) is 0 Å². The van der Waals surface area contributed by atoms with Crippen molar-refractivity contribution in [2.75, 3.05) is 19.6 Å². The number of carbonyl (C=O) groups is 1. The van der Waals surface area contributed by atoms with Gasteiger partial charge in [0, 0.05) is 19.5 Å². The van der Waals surface area contributed by atoms with Gasteiger partial charge in [-0.25, -0.2) is 0 Å². The van der Waals surface area contributed by atoms with Crippen molar-refractivity contribution >= 4 is 5.91 Å². The van der Waals surface area contributed by atoms with Crippen LogP contribution in [0.15, 0.2) is 0 Å². The van der Waals surface area contributed by atoms with Crippen LogP contribution in [0.3, 0.4) is 0 Å². The molecule has 0 aromatic carbocycles. The molecule has 1 rings (SSSR count). The van der Waals surface area contributed by atoms with Crippen LogP contribution in [0.4, 0.5) is 0 Å². The van der Waals surface area contributed by atoms with E-state index in [1.54, 1.807) is 6.92 Å². The molecule has 1 aliphatic rings. The number of rotatable bonds is 3. The van der Waals surface area contributed by atoms with Gasteiger partial charge in [0.1, 0.15) is 0 Å². The van der Waals surface area contributed by atoms with Gasteiger partial charge in [-0.3, -0.25) is 4.79 Å². The van der Waals surface area contributed by atoms with Gasteiger partial charge in [0.05, 0.1) is 0 Å². The predicted molar refractivity (Wildman–Crippen MR) is 53.5 cm³/mol. The van der Waals surface area contributed by atoms with Crippen molar-refractivity contribution in [3.05, 3.63) is 0 Å². The third-order valence-electron chi connectivity index (χ3n) is 2.65. The second kappa shape index (κ2) is 4.61. The number of hydrogen-bond acceptors (Lipinski definition) is 2. The van der Waals surface area contributed by atoms with Gasteiger partial charge in [0.15, 0.2) is 0 Å². The lowest BCUT2D eigenvalue weighted by Gasteiger charge is -2.27. The molecule has 1 heterocycles. The molecule has 0 saturated carbocycles. The monoisotopic (exact) mass is 184 g/mol. The molecule has 1 unspecified atom stereocenters. The summed E-state index contributed by atoms with van der Waals surface area (Å²) in [6, 6.07) is 0.332. The second-order valence-electron chi connectivity index (χ2n) is 4.12. The molecule has 0 aromatic heterocycles. The molecular formula is C10H20N2O. The Morgan fingerprint density at radius 2 is 2.31 bits per heavy atom. The molecule has 3 nitrogen and oxygen atoms in total. The van der Waals surface area contributed by atoms with E-state index in [1.165, 1.54) is 6.42 Å². The van der Waals surface area contributed by atoms with Crippen LogP contribution in [-0.4, -0.2) is 36.5 Å². The molecule has 13 heavy (non-hydrogen) atoms. The molecule has 0 spiro atoms. The van der Waals surface area contributed by atoms with Crippen molar-refractivity contribution in [1.82, 2.24) is 10.2 Å². The number of carbonyl (C=O) groups excluding carboxylic acids is 1. The van der Waals surface area contributed by atoms with Crippen molar-refractivity contribution < 1.29 is 4.79 Å². The fraction of sp³-hybridized carbons (Fsp3) is 0.900. The molecule has 1 atom stereocenters. The van der Waals surface area contributed by atoms with Crippen LogP contribution in [0.2, 0.25) is 0 Å². The zero-order valence-corrected chi connectivity index (χ0v) is 8.84. The fourth-order valence-electron chi connectivity index (χ4n) is 1.85. The molecule has 1 aliphatic heterocycles. The Hall–Kier alpha value is -0.570. The SMILES string of the molecule is CC(=O)N(CC1CCNC1)C(C)C. The molecule has 0 radical (unpaired) electrons. The number of nitrogens with one attached hydrogen (secondary N) is 1. The number of hydrogen-bond donors (Lipinski definition) is 1. The van der Waals surface area contributed by atoms with Crippen LogP contribution in [0, 0.1) is 5.92 Å². The molecule has 1 amide bonds. The Labute approximate surface area is 80.5 Å². The average Bonchev–Trinajstić information content (AvgIpc) is 2.50. The lowest BCUT2D eigenvalue weighted by Crippen LogP contribution is -2.39. The average molecular weight is 184 g/mol. The molecule has 0 aliphatic carbocycles. The summed E-state index contributed by atoms with van der Waals surface area (Å²) < 4.78 is 0. The van der Waals surface area contributed by atoms with Crippen LogP contribution < -0.4 is 5.32 Å². The van der Waals surface area contributed by atoms with E-state index in [2.05, 4.69) is 19.2 Å². The summed E-state index contributed by atoms with van der Waals surface area (Å²) in [6.07, 6.45) is 1.20. The quantitative estimate of drug-likeness (QED) is 0.705. The van der Waals surface area contributed by atoms with Gasteiger partial charge in [0.2, 0.25) is 5.91 Å². The van der Waals surface area contributed by atoms with Crippen molar-refractivity contribution in [2.45, 2.75) is 33.2 Å². The van der Waals surface area contributed by atoms with Crippen molar-refractivity contribution in [3.63, 3.8) is 0 Å². The van der Waals surface area contributed by atoms with E-state index < -0.39 is 0 Å². The van der Waals surface area contributed by atoms with E-state index in [9.17, 15) is 4.79 Å². The zero-order valence-electron chi connectivity index (χ0n) is 8.84. The van der Waals surface area contributed by atoms with Gasteiger partial charge in [-0.2, -0.15) is 0 Å². The minimum atomic E-state index is 0.196. The van der Waals surface area contributed by atoms with Gasteiger partial charge in [-0.1, -0.05) is 0 Å². The lowest BCUT2D eigenvalue weighted by atomic mass is 10.1. The van der Waals surface area contributed by atoms with Crippen molar-refractivity contribution in [2.24, 2.45) is 5.92 Å². The van der Waals surface area contributed by atoms with E-state index in [1.807, 2.05) is 4.90 Å². The molecule has 1 fully saturated rings. The van der Waals surface area contributed by atoms with Crippen LogP contribution >= 0.6 is 0 Å². The second-order valence-corrected chi connectivity index (χ2v) is 4.12. The molecule has 0 bridgehead atoms. The summed E-state index contributed by atoms with van der Waals surface area (Å²) in [5.74, 6) is 0.855. The summed E-state index contributed by atoms with van der Waals surface area (Å²) in [5.41, 5.74) is 0. The summed E-state index contributed by atoms with van der Waals surface area (Å²) in [5, 5.41) is 3.32. The normalized spacial score (nSPS) is 22.3. The van der Waals surface area contributed by atoms with Crippen LogP contribution in [0.1, 0.15) is 27.2 Å². The Morgan fingerprint density at radius 1 is 1.62 bits per heavy atom. The van der Waals surface area contributed by atoms with E-state index >= 15 is 0 Å². The highest BCUT2D eigenvalue weighted by Crippen LogP contribution is 2.11. The first kappa shape index (κ1) is 10.5. The third kappa shape index (κ3) is 2.99. The topological polar surface area (TPSA) is 32.3 Å². The highest BCUT2D eigenvalue weighted by atomic mass is 16.2. The van der Waals surface area contributed by atoms with E-state index in [0.717, 1.165) is 19.6 Å². The Bertz CT molecular complexity index is 174. The standard InChI is InChI=1S/C10H20N2O/c1-8(2)12(9(3)13)7-10-4-5-11-6-10/h8,10-11H,4-7H2,1-3H3. The first-order valence-corrected chi connectivity index (χ1v) is 5.09. The number of nitrogens with zero attached hydrogens (tertiary/aromatic N) is 1. The molecule has 3 heteroatoms. The Morgan fingerprint density at radius 3 is 2.69 bits per heavy atom. The van der Waals surface area contributed by atoms with Gasteiger partial charge in [0.25, 0.3) is 0 Å². The largest absolute Gasteiger partial charge is 0.340 e. The minimum absolute atomic E-state index is 0.196. The van der Waals surface area contributed by atoms with Gasteiger partial charge in [-0.05, 0) is 39.3 Å². The van der Waals surface area contributed by atoms with E-state index in [-0.39, 0.29) is 5.91 Å². The Kier molecular flexibility index (Phi) is 3.72. The maximum Gasteiger partial charge on any atom is 0.219 e. The van der Waals surface area contributed by atoms with E-state index in [0.29, 0.717) is 12.0 Å². The molecule has 1 N–H and O–H groups in total. The smallest absolute Gasteiger partial charge is 0.219 e. The third-order valence-corrected chi connectivity index (χ3v) is 2.65. The fourth-order valence-corrected chi connectivity index (χ4v) is 1.85. The molecule has 1 saturated heterocycles. The maximum absolute atomic E-state index is 11.3. The maximum atomic E-state index is 11.3. The number of amides is 1. The van der Waals surface area contributed by atoms with Gasteiger partial charge in [-0.15, -0.1) is 0 Å². The van der Waals surface area contributed by atoms with Gasteiger partial charge < -0.3 is 10.2 Å². The molecule has 76 valence electrons. The van der Waals surface area contributed by atoms with Crippen LogP contribution in [0.5, 0.6) is 0 Å². The highest BCUT2D eigenvalue weighted by molar-refractivity contribution is 5.73. The predicted octanol–water partition coefficient (Wildman–Crippen LogP) is 0.853. The summed E-state index contributed by atoms with van der Waals surface area (Å²) >= 11 is 0. The molecule has 0 aromatic rings. The first-order chi connectivity index (χ1) is 6.11. The summed E-state index contributed by atoms with van der Waals surface area (Å²) in [7, 11) is 0. The van der Waals surface area contributed by atoms with Crippen molar-refractivity contribution in [1.29, 1.82) is 0 Å². The first-order valence-electron chi connectivity index (χ1n) is 5.09. The van der Waals surface area contributed by atoms with Crippen LogP contribution in [0.25, 0.3) is 0 Å². The Balaban J connectivity index is 2.41. The minimum Gasteiger partial charge on any atom is -0.340 e. The van der Waals surface area contributed by atoms with Crippen LogP contribution in [-0.2, 0) is 4.79 Å². The lowest BCUT2D eigenvalue weighted by molar-refractivity contribution is -0.131. The highest BCUT2D eigenvalue weighted by Gasteiger charge is 2.21.